The van der Waals surface area contributed by atoms with E-state index in [1.54, 1.807) is 31.3 Å². The minimum Gasteiger partial charge on any atom is -0.490 e. The lowest BCUT2D eigenvalue weighted by molar-refractivity contribution is -0.145. The molecule has 0 saturated carbocycles. The van der Waals surface area contributed by atoms with Gasteiger partial charge in [-0.2, -0.15) is 5.26 Å². The van der Waals surface area contributed by atoms with Crippen LogP contribution in [0.3, 0.4) is 0 Å². The fourth-order valence-electron chi connectivity index (χ4n) is 3.17. The molecule has 2 N–H and O–H groups in total. The molecule has 7 nitrogen and oxygen atoms in total. The molecule has 0 unspecified atom stereocenters. The van der Waals surface area contributed by atoms with Crippen molar-refractivity contribution in [2.24, 2.45) is 0 Å². The molecule has 31 heavy (non-hydrogen) atoms. The van der Waals surface area contributed by atoms with Crippen molar-refractivity contribution in [1.29, 1.82) is 5.26 Å². The predicted molar refractivity (Wildman–Crippen MR) is 118 cm³/mol. The highest BCUT2D eigenvalue weighted by atomic mass is 16.6. The molecule has 0 aliphatic heterocycles. The van der Waals surface area contributed by atoms with E-state index in [0.717, 1.165) is 16.7 Å². The van der Waals surface area contributed by atoms with Crippen molar-refractivity contribution >= 4 is 11.8 Å². The van der Waals surface area contributed by atoms with Crippen LogP contribution in [0.4, 0.5) is 5.82 Å². The predicted octanol–water partition coefficient (Wildman–Crippen LogP) is 4.21. The van der Waals surface area contributed by atoms with Crippen LogP contribution >= 0.6 is 0 Å². The summed E-state index contributed by atoms with van der Waals surface area (Å²) < 4.78 is 16.2. The Morgan fingerprint density at radius 1 is 1.03 bits per heavy atom. The highest BCUT2D eigenvalue weighted by molar-refractivity contribution is 5.90. The number of rotatable bonds is 8. The molecule has 0 fully saturated rings. The Bertz CT molecular complexity index is 1110. The number of hydrogen-bond donors (Lipinski definition) is 1. The molecular weight excluding hydrogens is 394 g/mol. The number of ether oxygens (including phenoxy) is 3. The van der Waals surface area contributed by atoms with Crippen molar-refractivity contribution in [3.05, 3.63) is 60.3 Å². The van der Waals surface area contributed by atoms with Gasteiger partial charge in [-0.1, -0.05) is 36.4 Å². The molecule has 0 atom stereocenters. The van der Waals surface area contributed by atoms with Gasteiger partial charge in [0.1, 0.15) is 17.5 Å². The van der Waals surface area contributed by atoms with Crippen molar-refractivity contribution in [3.63, 3.8) is 0 Å². The summed E-state index contributed by atoms with van der Waals surface area (Å²) in [5, 5.41) is 9.78. The van der Waals surface area contributed by atoms with Gasteiger partial charge in [0.25, 0.3) is 0 Å². The summed E-state index contributed by atoms with van der Waals surface area (Å²) in [6.07, 6.45) is 1.66. The molecular formula is C24H23N3O4. The molecule has 0 aliphatic carbocycles. The van der Waals surface area contributed by atoms with Gasteiger partial charge >= 0.3 is 5.97 Å². The summed E-state index contributed by atoms with van der Waals surface area (Å²) in [4.78, 5) is 15.9. The second-order valence-electron chi connectivity index (χ2n) is 6.47. The van der Waals surface area contributed by atoms with Crippen LogP contribution < -0.4 is 15.2 Å². The van der Waals surface area contributed by atoms with Crippen molar-refractivity contribution in [3.8, 4) is 39.8 Å². The largest absolute Gasteiger partial charge is 0.490 e. The summed E-state index contributed by atoms with van der Waals surface area (Å²) >= 11 is 0. The van der Waals surface area contributed by atoms with Crippen molar-refractivity contribution in [2.75, 3.05) is 25.6 Å². The standard InChI is InChI=1S/C24H23N3O4/c1-3-29-21-12-17(10-11-20(21)31-15-22(28)30-4-2)23-18(13-25)24(26)27-14-19(23)16-8-6-5-7-9-16/h5-12,14H,3-4,15H2,1-2H3,(H2,26,27). The minimum absolute atomic E-state index is 0.151. The Morgan fingerprint density at radius 3 is 2.48 bits per heavy atom. The van der Waals surface area contributed by atoms with Crippen LogP contribution in [0.5, 0.6) is 11.5 Å². The number of nitriles is 1. The van der Waals surface area contributed by atoms with Crippen LogP contribution in [0.2, 0.25) is 0 Å². The lowest BCUT2D eigenvalue weighted by atomic mass is 9.92. The van der Waals surface area contributed by atoms with Crippen molar-refractivity contribution < 1.29 is 19.0 Å². The molecule has 0 spiro atoms. The zero-order valence-electron chi connectivity index (χ0n) is 17.4. The fraction of sp³-hybridized carbons (Fsp3) is 0.208. The summed E-state index contributed by atoms with van der Waals surface area (Å²) in [6, 6.07) is 17.1. The third-order valence-corrected chi connectivity index (χ3v) is 4.49. The third-order valence-electron chi connectivity index (χ3n) is 4.49. The molecule has 7 heteroatoms. The Kier molecular flexibility index (Phi) is 7.07. The number of carbonyl (C=O) groups is 1. The minimum atomic E-state index is -0.464. The van der Waals surface area contributed by atoms with E-state index in [1.165, 1.54) is 0 Å². The van der Waals surface area contributed by atoms with E-state index in [1.807, 2.05) is 37.3 Å². The van der Waals surface area contributed by atoms with Crippen molar-refractivity contribution in [1.82, 2.24) is 4.98 Å². The highest BCUT2D eigenvalue weighted by Crippen LogP contribution is 2.40. The first-order valence-electron chi connectivity index (χ1n) is 9.88. The summed E-state index contributed by atoms with van der Waals surface area (Å²) in [5.41, 5.74) is 9.34. The SMILES string of the molecule is CCOC(=O)COc1ccc(-c2c(-c3ccccc3)cnc(N)c2C#N)cc1OCC. The van der Waals surface area contributed by atoms with E-state index in [9.17, 15) is 10.1 Å². The van der Waals surface area contributed by atoms with E-state index in [-0.39, 0.29) is 24.6 Å². The number of pyridine rings is 1. The second kappa shape index (κ2) is 10.1. The van der Waals surface area contributed by atoms with Crippen molar-refractivity contribution in [2.45, 2.75) is 13.8 Å². The van der Waals surface area contributed by atoms with Crippen LogP contribution in [0.1, 0.15) is 19.4 Å². The smallest absolute Gasteiger partial charge is 0.344 e. The van der Waals surface area contributed by atoms with Gasteiger partial charge in [0.15, 0.2) is 18.1 Å². The first-order chi connectivity index (χ1) is 15.1. The molecule has 1 heterocycles. The first-order valence-corrected chi connectivity index (χ1v) is 9.88. The van der Waals surface area contributed by atoms with E-state index in [4.69, 9.17) is 19.9 Å². The number of nitrogens with two attached hydrogens (primary N) is 1. The Labute approximate surface area is 181 Å². The topological polar surface area (TPSA) is 107 Å². The van der Waals surface area contributed by atoms with E-state index in [0.29, 0.717) is 23.7 Å². The number of carbonyl (C=O) groups excluding carboxylic acids is 1. The number of nitrogen functional groups attached to an aromatic ring is 1. The molecule has 2 aromatic carbocycles. The van der Waals surface area contributed by atoms with Gasteiger partial charge in [-0.3, -0.25) is 0 Å². The maximum absolute atomic E-state index is 11.7. The lowest BCUT2D eigenvalue weighted by Crippen LogP contribution is -2.15. The number of benzene rings is 2. The molecule has 0 bridgehead atoms. The quantitative estimate of drug-likeness (QED) is 0.547. The van der Waals surface area contributed by atoms with Crippen LogP contribution in [0.15, 0.2) is 54.7 Å². The maximum Gasteiger partial charge on any atom is 0.344 e. The maximum atomic E-state index is 11.7. The van der Waals surface area contributed by atoms with Crippen LogP contribution in [-0.2, 0) is 9.53 Å². The Hall–Kier alpha value is -4.05. The molecule has 0 saturated heterocycles. The molecule has 0 amide bonds. The number of hydrogen-bond acceptors (Lipinski definition) is 7. The average Bonchev–Trinajstić information content (AvgIpc) is 2.79. The van der Waals surface area contributed by atoms with Gasteiger partial charge in [0.05, 0.1) is 13.2 Å². The van der Waals surface area contributed by atoms with Crippen LogP contribution in [0, 0.1) is 11.3 Å². The number of esters is 1. The monoisotopic (exact) mass is 417 g/mol. The van der Waals surface area contributed by atoms with Crippen LogP contribution in [-0.4, -0.2) is 30.8 Å². The highest BCUT2D eigenvalue weighted by Gasteiger charge is 2.19. The first kappa shape index (κ1) is 21.7. The fourth-order valence-corrected chi connectivity index (χ4v) is 3.17. The molecule has 0 radical (unpaired) electrons. The zero-order valence-corrected chi connectivity index (χ0v) is 17.4. The number of aromatic nitrogens is 1. The molecule has 3 rings (SSSR count). The molecule has 158 valence electrons. The van der Waals surface area contributed by atoms with Gasteiger partial charge in [-0.05, 0) is 37.1 Å². The van der Waals surface area contributed by atoms with Crippen LogP contribution in [0.25, 0.3) is 22.3 Å². The van der Waals surface area contributed by atoms with Gasteiger partial charge in [0.2, 0.25) is 0 Å². The lowest BCUT2D eigenvalue weighted by Gasteiger charge is -2.16. The van der Waals surface area contributed by atoms with Gasteiger partial charge in [-0.25, -0.2) is 9.78 Å². The molecule has 3 aromatic rings. The Morgan fingerprint density at radius 2 is 1.81 bits per heavy atom. The molecule has 0 aliphatic rings. The molecule has 1 aromatic heterocycles. The van der Waals surface area contributed by atoms with E-state index in [2.05, 4.69) is 11.1 Å². The number of nitrogens with zero attached hydrogens (tertiary/aromatic N) is 2. The number of anilines is 1. The Balaban J connectivity index is 2.10. The van der Waals surface area contributed by atoms with Gasteiger partial charge in [0, 0.05) is 17.3 Å². The summed E-state index contributed by atoms with van der Waals surface area (Å²) in [7, 11) is 0. The van der Waals surface area contributed by atoms with E-state index < -0.39 is 5.97 Å². The van der Waals surface area contributed by atoms with E-state index >= 15 is 0 Å². The zero-order chi connectivity index (χ0) is 22.2. The van der Waals surface area contributed by atoms with Gasteiger partial charge in [-0.15, -0.1) is 0 Å². The van der Waals surface area contributed by atoms with Gasteiger partial charge < -0.3 is 19.9 Å². The summed E-state index contributed by atoms with van der Waals surface area (Å²) in [6.45, 7) is 4.03. The normalized spacial score (nSPS) is 10.2. The second-order valence-corrected chi connectivity index (χ2v) is 6.47. The summed E-state index contributed by atoms with van der Waals surface area (Å²) in [5.74, 6) is 0.537. The third kappa shape index (κ3) is 4.93. The average molecular weight is 417 g/mol.